The number of nitrogens with two attached hydrogens (primary N) is 1. The van der Waals surface area contributed by atoms with Crippen LogP contribution in [0.25, 0.3) is 0 Å². The zero-order chi connectivity index (χ0) is 11.1. The number of hydrogen-bond donors (Lipinski definition) is 1. The molecule has 0 fully saturated rings. The molecule has 0 radical (unpaired) electrons. The van der Waals surface area contributed by atoms with E-state index in [4.69, 9.17) is 10.5 Å². The van der Waals surface area contributed by atoms with Crippen LogP contribution in [0.3, 0.4) is 0 Å². The molecule has 2 N–H and O–H groups in total. The molecule has 84 valence electrons. The maximum atomic E-state index is 11.3. The third kappa shape index (κ3) is 3.93. The maximum absolute atomic E-state index is 11.3. The van der Waals surface area contributed by atoms with Crippen LogP contribution in [0.5, 0.6) is 0 Å². The fourth-order valence-electron chi connectivity index (χ4n) is 0.989. The highest BCUT2D eigenvalue weighted by atomic mass is 32.2. The van der Waals surface area contributed by atoms with Crippen LogP contribution in [0.4, 0.5) is 0 Å². The quantitative estimate of drug-likeness (QED) is 0.574. The van der Waals surface area contributed by atoms with Gasteiger partial charge in [-0.25, -0.2) is 4.79 Å². The first-order chi connectivity index (χ1) is 7.27. The van der Waals surface area contributed by atoms with Crippen LogP contribution >= 0.6 is 11.8 Å². The van der Waals surface area contributed by atoms with Gasteiger partial charge in [-0.2, -0.15) is 5.10 Å². The third-order valence-corrected chi connectivity index (χ3v) is 2.58. The number of aromatic nitrogens is 2. The van der Waals surface area contributed by atoms with Crippen molar-refractivity contribution in [3.63, 3.8) is 0 Å². The lowest BCUT2D eigenvalue weighted by atomic mass is 10.4. The van der Waals surface area contributed by atoms with Crippen molar-refractivity contribution in [1.82, 2.24) is 9.78 Å². The fraction of sp³-hybridized carbons (Fsp3) is 0.556. The molecule has 0 amide bonds. The summed E-state index contributed by atoms with van der Waals surface area (Å²) in [4.78, 5) is 11.3. The maximum Gasteiger partial charge on any atom is 0.358 e. The molecule has 0 spiro atoms. The minimum Gasteiger partial charge on any atom is -0.461 e. The highest BCUT2D eigenvalue weighted by Crippen LogP contribution is 2.05. The third-order valence-electron chi connectivity index (χ3n) is 1.61. The first-order valence-electron chi connectivity index (χ1n) is 4.76. The SMILES string of the molecule is CCOC(=O)c1ccn(CSCCN)n1. The molecule has 0 aliphatic carbocycles. The second kappa shape index (κ2) is 6.47. The number of hydrogen-bond acceptors (Lipinski definition) is 5. The van der Waals surface area contributed by atoms with Gasteiger partial charge >= 0.3 is 5.97 Å². The number of thioether (sulfide) groups is 1. The topological polar surface area (TPSA) is 70.1 Å². The lowest BCUT2D eigenvalue weighted by molar-refractivity contribution is 0.0518. The first-order valence-corrected chi connectivity index (χ1v) is 5.91. The molecule has 1 aromatic rings. The molecular formula is C9H15N3O2S. The van der Waals surface area contributed by atoms with E-state index in [1.807, 2.05) is 0 Å². The average Bonchev–Trinajstić information content (AvgIpc) is 2.67. The zero-order valence-corrected chi connectivity index (χ0v) is 9.50. The van der Waals surface area contributed by atoms with Gasteiger partial charge in [-0.15, -0.1) is 11.8 Å². The monoisotopic (exact) mass is 229 g/mol. The van der Waals surface area contributed by atoms with Crippen molar-refractivity contribution in [2.75, 3.05) is 18.9 Å². The number of ether oxygens (including phenoxy) is 1. The van der Waals surface area contributed by atoms with Crippen molar-refractivity contribution in [1.29, 1.82) is 0 Å². The molecule has 5 nitrogen and oxygen atoms in total. The number of esters is 1. The van der Waals surface area contributed by atoms with Crippen LogP contribution in [0.2, 0.25) is 0 Å². The molecule has 1 rings (SSSR count). The van der Waals surface area contributed by atoms with Crippen molar-refractivity contribution < 1.29 is 9.53 Å². The number of nitrogens with zero attached hydrogens (tertiary/aromatic N) is 2. The summed E-state index contributed by atoms with van der Waals surface area (Å²) in [6.07, 6.45) is 1.76. The molecule has 0 bridgehead atoms. The van der Waals surface area contributed by atoms with E-state index in [0.717, 1.165) is 5.75 Å². The van der Waals surface area contributed by atoms with Gasteiger partial charge in [0.25, 0.3) is 0 Å². The highest BCUT2D eigenvalue weighted by molar-refractivity contribution is 7.98. The minimum atomic E-state index is -0.375. The molecule has 0 saturated heterocycles. The molecule has 1 aromatic heterocycles. The summed E-state index contributed by atoms with van der Waals surface area (Å²) in [7, 11) is 0. The van der Waals surface area contributed by atoms with Crippen LogP contribution in [0.1, 0.15) is 17.4 Å². The summed E-state index contributed by atoms with van der Waals surface area (Å²) in [6, 6.07) is 1.65. The van der Waals surface area contributed by atoms with Crippen molar-refractivity contribution >= 4 is 17.7 Å². The molecule has 6 heteroatoms. The van der Waals surface area contributed by atoms with Gasteiger partial charge in [0, 0.05) is 18.5 Å². The molecule has 15 heavy (non-hydrogen) atoms. The highest BCUT2D eigenvalue weighted by Gasteiger charge is 2.09. The van der Waals surface area contributed by atoms with E-state index in [-0.39, 0.29) is 5.97 Å². The van der Waals surface area contributed by atoms with Crippen molar-refractivity contribution in [3.8, 4) is 0 Å². The van der Waals surface area contributed by atoms with Crippen LogP contribution in [-0.2, 0) is 10.6 Å². The van der Waals surface area contributed by atoms with Gasteiger partial charge in [0.2, 0.25) is 0 Å². The Hall–Kier alpha value is -1.01. The fourth-order valence-corrected chi connectivity index (χ4v) is 1.62. The van der Waals surface area contributed by atoms with E-state index in [1.54, 1.807) is 35.6 Å². The first kappa shape index (κ1) is 12.1. The van der Waals surface area contributed by atoms with Gasteiger partial charge in [-0.05, 0) is 13.0 Å². The Morgan fingerprint density at radius 1 is 1.73 bits per heavy atom. The summed E-state index contributed by atoms with van der Waals surface area (Å²) in [5.74, 6) is 1.21. The standard InChI is InChI=1S/C9H15N3O2S/c1-2-14-9(13)8-3-5-12(11-8)7-15-6-4-10/h3,5H,2,4,6-7,10H2,1H3. The molecule has 0 aromatic carbocycles. The molecule has 0 aliphatic heterocycles. The largest absolute Gasteiger partial charge is 0.461 e. The van der Waals surface area contributed by atoms with Crippen LogP contribution in [0.15, 0.2) is 12.3 Å². The van der Waals surface area contributed by atoms with E-state index >= 15 is 0 Å². The Balaban J connectivity index is 2.45. The van der Waals surface area contributed by atoms with E-state index in [2.05, 4.69) is 5.10 Å². The second-order valence-corrected chi connectivity index (χ2v) is 3.86. The van der Waals surface area contributed by atoms with E-state index in [9.17, 15) is 4.79 Å². The summed E-state index contributed by atoms with van der Waals surface area (Å²) in [5.41, 5.74) is 5.71. The lowest BCUT2D eigenvalue weighted by Gasteiger charge is -2.00. The van der Waals surface area contributed by atoms with E-state index in [0.29, 0.717) is 24.7 Å². The Bertz CT molecular complexity index is 314. The zero-order valence-electron chi connectivity index (χ0n) is 8.68. The summed E-state index contributed by atoms with van der Waals surface area (Å²) in [5, 5.41) is 4.08. The normalized spacial score (nSPS) is 10.3. The molecular weight excluding hydrogens is 214 g/mol. The molecule has 0 aliphatic rings. The van der Waals surface area contributed by atoms with Crippen LogP contribution < -0.4 is 5.73 Å². The van der Waals surface area contributed by atoms with Crippen molar-refractivity contribution in [3.05, 3.63) is 18.0 Å². The minimum absolute atomic E-state index is 0.352. The number of carbonyl (C=O) groups excluding carboxylic acids is 1. The summed E-state index contributed by atoms with van der Waals surface area (Å²) >= 11 is 1.67. The van der Waals surface area contributed by atoms with E-state index in [1.165, 1.54) is 0 Å². The Morgan fingerprint density at radius 3 is 3.20 bits per heavy atom. The Kier molecular flexibility index (Phi) is 5.20. The van der Waals surface area contributed by atoms with Gasteiger partial charge < -0.3 is 10.5 Å². The number of carbonyl (C=O) groups is 1. The van der Waals surface area contributed by atoms with Gasteiger partial charge in [0.1, 0.15) is 0 Å². The van der Waals surface area contributed by atoms with Crippen molar-refractivity contribution in [2.24, 2.45) is 5.73 Å². The molecule has 0 unspecified atom stereocenters. The molecule has 0 saturated carbocycles. The summed E-state index contributed by atoms with van der Waals surface area (Å²) < 4.78 is 6.53. The number of rotatable bonds is 6. The molecule has 0 atom stereocenters. The Morgan fingerprint density at radius 2 is 2.53 bits per heavy atom. The van der Waals surface area contributed by atoms with Gasteiger partial charge in [-0.1, -0.05) is 0 Å². The van der Waals surface area contributed by atoms with Gasteiger partial charge in [-0.3, -0.25) is 4.68 Å². The molecule has 1 heterocycles. The summed E-state index contributed by atoms with van der Waals surface area (Å²) in [6.45, 7) is 2.79. The average molecular weight is 229 g/mol. The van der Waals surface area contributed by atoms with E-state index < -0.39 is 0 Å². The van der Waals surface area contributed by atoms with Gasteiger partial charge in [0.05, 0.1) is 12.5 Å². The predicted octanol–water partition coefficient (Wildman–Crippen LogP) is 0.709. The predicted molar refractivity (Wildman–Crippen MR) is 59.7 cm³/mol. The Labute approximate surface area is 93.0 Å². The lowest BCUT2D eigenvalue weighted by Crippen LogP contribution is -2.07. The van der Waals surface area contributed by atoms with Crippen LogP contribution in [0, 0.1) is 0 Å². The second-order valence-electron chi connectivity index (χ2n) is 2.79. The van der Waals surface area contributed by atoms with Crippen LogP contribution in [-0.4, -0.2) is 34.7 Å². The van der Waals surface area contributed by atoms with Gasteiger partial charge in [0.15, 0.2) is 5.69 Å². The van der Waals surface area contributed by atoms with Crippen molar-refractivity contribution in [2.45, 2.75) is 12.8 Å². The smallest absolute Gasteiger partial charge is 0.358 e.